The van der Waals surface area contributed by atoms with Gasteiger partial charge in [-0.3, -0.25) is 4.21 Å². The van der Waals surface area contributed by atoms with Crippen molar-refractivity contribution in [1.82, 2.24) is 0 Å². The molecule has 0 radical (unpaired) electrons. The standard InChI is InChI=1S/C16H14Cl2F3NO2S2/c1-22(2)13-4-8(3-9(7-25)15(13)26(23)24)14-11(17)5-10(6-12(14)18)16(19,20)21/h3-6,25H,7H2,1-2H3,(H,23,24)/p-1. The Hall–Kier alpha value is -0.930. The van der Waals surface area contributed by atoms with Crippen LogP contribution in [0.2, 0.25) is 10.0 Å². The van der Waals surface area contributed by atoms with Crippen LogP contribution in [0.25, 0.3) is 11.1 Å². The molecule has 0 fully saturated rings. The van der Waals surface area contributed by atoms with Gasteiger partial charge in [-0.2, -0.15) is 25.8 Å². The van der Waals surface area contributed by atoms with Crippen LogP contribution in [-0.4, -0.2) is 22.9 Å². The molecule has 10 heteroatoms. The number of hydrogen-bond acceptors (Lipinski definition) is 4. The van der Waals surface area contributed by atoms with Crippen LogP contribution in [0.3, 0.4) is 0 Å². The van der Waals surface area contributed by atoms with Crippen LogP contribution < -0.4 is 4.90 Å². The summed E-state index contributed by atoms with van der Waals surface area (Å²) < 4.78 is 61.9. The molecule has 0 aliphatic heterocycles. The predicted molar refractivity (Wildman–Crippen MR) is 101 cm³/mol. The van der Waals surface area contributed by atoms with Crippen LogP contribution >= 0.6 is 35.8 Å². The first-order valence-electron chi connectivity index (χ1n) is 7.08. The quantitative estimate of drug-likeness (QED) is 0.508. The smallest absolute Gasteiger partial charge is 0.416 e. The Morgan fingerprint density at radius 3 is 2.08 bits per heavy atom. The number of anilines is 1. The van der Waals surface area contributed by atoms with Crippen molar-refractivity contribution in [2.75, 3.05) is 19.0 Å². The minimum absolute atomic E-state index is 0.0629. The number of benzene rings is 2. The molecule has 2 aromatic carbocycles. The third-order valence-electron chi connectivity index (χ3n) is 3.62. The lowest BCUT2D eigenvalue weighted by Crippen LogP contribution is -2.13. The average Bonchev–Trinajstić information content (AvgIpc) is 2.51. The average molecular weight is 443 g/mol. The number of alkyl halides is 3. The third-order valence-corrected chi connectivity index (χ3v) is 5.36. The Morgan fingerprint density at radius 1 is 1.15 bits per heavy atom. The van der Waals surface area contributed by atoms with Gasteiger partial charge in [0.25, 0.3) is 0 Å². The molecule has 0 amide bonds. The number of hydrogen-bond donors (Lipinski definition) is 1. The third kappa shape index (κ3) is 4.31. The van der Waals surface area contributed by atoms with Crippen LogP contribution in [0.5, 0.6) is 0 Å². The van der Waals surface area contributed by atoms with E-state index in [9.17, 15) is 21.9 Å². The summed E-state index contributed by atoms with van der Waals surface area (Å²) in [5.74, 6) is 0.105. The van der Waals surface area contributed by atoms with E-state index in [2.05, 4.69) is 12.6 Å². The highest BCUT2D eigenvalue weighted by Crippen LogP contribution is 2.42. The summed E-state index contributed by atoms with van der Waals surface area (Å²) in [4.78, 5) is 1.64. The molecular formula is C16H13Cl2F3NO2S2-. The topological polar surface area (TPSA) is 43.4 Å². The van der Waals surface area contributed by atoms with Gasteiger partial charge in [0, 0.05) is 25.4 Å². The SMILES string of the molecule is CN(C)c1cc(-c2c(Cl)cc(C(F)(F)F)cc2Cl)cc(CS)c1S(=O)[O-]. The highest BCUT2D eigenvalue weighted by atomic mass is 35.5. The van der Waals surface area contributed by atoms with E-state index >= 15 is 0 Å². The Morgan fingerprint density at radius 2 is 1.69 bits per heavy atom. The van der Waals surface area contributed by atoms with Crippen molar-refractivity contribution in [3.05, 3.63) is 45.4 Å². The molecule has 0 N–H and O–H groups in total. The van der Waals surface area contributed by atoms with Crippen molar-refractivity contribution in [3.63, 3.8) is 0 Å². The summed E-state index contributed by atoms with van der Waals surface area (Å²) >= 11 is 13.8. The van der Waals surface area contributed by atoms with Crippen LogP contribution in [0.4, 0.5) is 18.9 Å². The maximum absolute atomic E-state index is 12.9. The molecule has 1 atom stereocenters. The van der Waals surface area contributed by atoms with Gasteiger partial charge >= 0.3 is 6.18 Å². The number of halogens is 5. The van der Waals surface area contributed by atoms with E-state index in [0.29, 0.717) is 16.8 Å². The summed E-state index contributed by atoms with van der Waals surface area (Å²) in [6, 6.07) is 4.60. The molecule has 0 saturated carbocycles. The maximum atomic E-state index is 12.9. The van der Waals surface area contributed by atoms with Gasteiger partial charge in [0.1, 0.15) is 0 Å². The molecule has 0 aliphatic carbocycles. The first-order valence-corrected chi connectivity index (χ1v) is 9.54. The van der Waals surface area contributed by atoms with Gasteiger partial charge < -0.3 is 9.45 Å². The highest BCUT2D eigenvalue weighted by Gasteiger charge is 2.32. The molecular weight excluding hydrogens is 430 g/mol. The van der Waals surface area contributed by atoms with Gasteiger partial charge in [-0.25, -0.2) is 0 Å². The van der Waals surface area contributed by atoms with E-state index in [-0.39, 0.29) is 26.3 Å². The first-order chi connectivity index (χ1) is 12.0. The molecule has 3 nitrogen and oxygen atoms in total. The van der Waals surface area contributed by atoms with Crippen molar-refractivity contribution in [2.24, 2.45) is 0 Å². The minimum atomic E-state index is -4.58. The molecule has 0 aromatic heterocycles. The molecule has 142 valence electrons. The largest absolute Gasteiger partial charge is 0.768 e. The Balaban J connectivity index is 2.77. The molecule has 2 aromatic rings. The van der Waals surface area contributed by atoms with Crippen LogP contribution in [-0.2, 0) is 23.0 Å². The number of nitrogens with zero attached hydrogens (tertiary/aromatic N) is 1. The molecule has 0 bridgehead atoms. The number of thiol groups is 1. The summed E-state index contributed by atoms with van der Waals surface area (Å²) in [7, 11) is 3.29. The lowest BCUT2D eigenvalue weighted by Gasteiger charge is -2.23. The van der Waals surface area contributed by atoms with Gasteiger partial charge in [0.05, 0.1) is 26.2 Å². The lowest BCUT2D eigenvalue weighted by atomic mass is 10.00. The predicted octanol–water partition coefficient (Wildman–Crippen LogP) is 5.41. The van der Waals surface area contributed by atoms with Gasteiger partial charge in [0.15, 0.2) is 0 Å². The molecule has 1 unspecified atom stereocenters. The fraction of sp³-hybridized carbons (Fsp3) is 0.250. The fourth-order valence-electron chi connectivity index (χ4n) is 2.47. The lowest BCUT2D eigenvalue weighted by molar-refractivity contribution is -0.137. The number of rotatable bonds is 4. The van der Waals surface area contributed by atoms with Gasteiger partial charge in [-0.05, 0) is 46.5 Å². The highest BCUT2D eigenvalue weighted by molar-refractivity contribution is 7.80. The molecule has 0 aliphatic rings. The Kier molecular flexibility index (Phi) is 6.56. The molecule has 0 saturated heterocycles. The van der Waals surface area contributed by atoms with Crippen molar-refractivity contribution in [2.45, 2.75) is 16.8 Å². The van der Waals surface area contributed by atoms with E-state index in [1.54, 1.807) is 19.0 Å². The normalized spacial score (nSPS) is 13.0. The van der Waals surface area contributed by atoms with Crippen molar-refractivity contribution < 1.29 is 21.9 Å². The zero-order valence-corrected chi connectivity index (χ0v) is 16.7. The van der Waals surface area contributed by atoms with E-state index in [4.69, 9.17) is 23.2 Å². The Bertz CT molecular complexity index is 850. The maximum Gasteiger partial charge on any atom is 0.416 e. The summed E-state index contributed by atoms with van der Waals surface area (Å²) in [5.41, 5.74) is 0.365. The fourth-order valence-corrected chi connectivity index (χ4v) is 4.29. The van der Waals surface area contributed by atoms with Crippen molar-refractivity contribution >= 4 is 52.6 Å². The molecule has 0 heterocycles. The van der Waals surface area contributed by atoms with Crippen molar-refractivity contribution in [1.29, 1.82) is 0 Å². The second-order valence-electron chi connectivity index (χ2n) is 5.58. The summed E-state index contributed by atoms with van der Waals surface area (Å²) in [5, 5.41) is -0.369. The van der Waals surface area contributed by atoms with E-state index in [1.807, 2.05) is 0 Å². The van der Waals surface area contributed by atoms with Gasteiger partial charge in [0.2, 0.25) is 0 Å². The second-order valence-corrected chi connectivity index (χ2v) is 7.59. The van der Waals surface area contributed by atoms with Gasteiger partial charge in [-0.15, -0.1) is 0 Å². The van der Waals surface area contributed by atoms with Gasteiger partial charge in [-0.1, -0.05) is 23.2 Å². The van der Waals surface area contributed by atoms with Crippen LogP contribution in [0.1, 0.15) is 11.1 Å². The zero-order valence-electron chi connectivity index (χ0n) is 13.5. The second kappa shape index (κ2) is 7.98. The first kappa shape index (κ1) is 21.4. The van der Waals surface area contributed by atoms with E-state index in [0.717, 1.165) is 12.1 Å². The summed E-state index contributed by atoms with van der Waals surface area (Å²) in [6.07, 6.45) is -4.58. The molecule has 0 spiro atoms. The van der Waals surface area contributed by atoms with E-state index in [1.165, 1.54) is 12.1 Å². The monoisotopic (exact) mass is 442 g/mol. The van der Waals surface area contributed by atoms with Crippen LogP contribution in [0, 0.1) is 0 Å². The molecule has 2 rings (SSSR count). The summed E-state index contributed by atoms with van der Waals surface area (Å²) in [6.45, 7) is 0. The Labute approximate surface area is 166 Å². The molecule has 26 heavy (non-hydrogen) atoms. The van der Waals surface area contributed by atoms with Crippen LogP contribution in [0.15, 0.2) is 29.2 Å². The van der Waals surface area contributed by atoms with E-state index < -0.39 is 22.8 Å². The zero-order chi connectivity index (χ0) is 19.8. The minimum Gasteiger partial charge on any atom is -0.768 e. The van der Waals surface area contributed by atoms with Crippen molar-refractivity contribution in [3.8, 4) is 11.1 Å².